The Labute approximate surface area is 159 Å². The van der Waals surface area contributed by atoms with Crippen molar-refractivity contribution in [1.29, 1.82) is 0 Å². The zero-order chi connectivity index (χ0) is 19.7. The SMILES string of the molecule is C=C/C(NC(CC)CC)=C(\C(=C)Cl)C(=O)NCc1ccc(OC)c(F)c1. The summed E-state index contributed by atoms with van der Waals surface area (Å²) in [7, 11) is 1.40. The molecule has 26 heavy (non-hydrogen) atoms. The highest BCUT2D eigenvalue weighted by Crippen LogP contribution is 2.20. The number of carbonyl (C=O) groups is 1. The van der Waals surface area contributed by atoms with Crippen molar-refractivity contribution < 1.29 is 13.9 Å². The van der Waals surface area contributed by atoms with Crippen LogP contribution in [0.5, 0.6) is 5.75 Å². The minimum Gasteiger partial charge on any atom is -0.494 e. The number of nitrogens with one attached hydrogen (secondary N) is 2. The third-order valence-corrected chi connectivity index (χ3v) is 4.18. The third kappa shape index (κ3) is 5.92. The molecule has 0 unspecified atom stereocenters. The highest BCUT2D eigenvalue weighted by atomic mass is 35.5. The van der Waals surface area contributed by atoms with Crippen LogP contribution in [0.3, 0.4) is 0 Å². The molecule has 4 nitrogen and oxygen atoms in total. The number of ether oxygens (including phenoxy) is 1. The molecule has 0 radical (unpaired) electrons. The molecule has 0 fully saturated rings. The van der Waals surface area contributed by atoms with E-state index in [9.17, 15) is 9.18 Å². The van der Waals surface area contributed by atoms with Crippen LogP contribution in [-0.2, 0) is 11.3 Å². The summed E-state index contributed by atoms with van der Waals surface area (Å²) >= 11 is 6.05. The first-order valence-electron chi connectivity index (χ1n) is 8.46. The van der Waals surface area contributed by atoms with Crippen molar-refractivity contribution in [3.05, 3.63) is 65.1 Å². The zero-order valence-corrected chi connectivity index (χ0v) is 16.3. The molecular weight excluding hydrogens is 355 g/mol. The predicted octanol–water partition coefficient (Wildman–Crippen LogP) is 4.42. The van der Waals surface area contributed by atoms with Gasteiger partial charge in [-0.15, -0.1) is 0 Å². The lowest BCUT2D eigenvalue weighted by molar-refractivity contribution is -0.117. The summed E-state index contributed by atoms with van der Waals surface area (Å²) in [5.74, 6) is -0.744. The molecule has 1 aromatic carbocycles. The van der Waals surface area contributed by atoms with E-state index in [4.69, 9.17) is 16.3 Å². The highest BCUT2D eigenvalue weighted by molar-refractivity contribution is 6.35. The molecule has 0 spiro atoms. The normalized spacial score (nSPS) is 11.6. The molecule has 0 saturated heterocycles. The van der Waals surface area contributed by atoms with Crippen molar-refractivity contribution in [1.82, 2.24) is 10.6 Å². The van der Waals surface area contributed by atoms with Gasteiger partial charge < -0.3 is 15.4 Å². The summed E-state index contributed by atoms with van der Waals surface area (Å²) in [4.78, 5) is 12.6. The van der Waals surface area contributed by atoms with Crippen molar-refractivity contribution in [3.63, 3.8) is 0 Å². The van der Waals surface area contributed by atoms with Crippen LogP contribution in [0.25, 0.3) is 0 Å². The van der Waals surface area contributed by atoms with Crippen LogP contribution >= 0.6 is 11.6 Å². The Morgan fingerprint density at radius 3 is 2.50 bits per heavy atom. The van der Waals surface area contributed by atoms with Gasteiger partial charge in [0.2, 0.25) is 0 Å². The van der Waals surface area contributed by atoms with Crippen LogP contribution in [0.2, 0.25) is 0 Å². The van der Waals surface area contributed by atoms with Crippen LogP contribution in [0.15, 0.2) is 53.7 Å². The maximum absolute atomic E-state index is 13.8. The Hall–Kier alpha value is -2.27. The van der Waals surface area contributed by atoms with Gasteiger partial charge >= 0.3 is 0 Å². The second-order valence-electron chi connectivity index (χ2n) is 5.71. The first kappa shape index (κ1) is 21.8. The molecule has 1 rings (SSSR count). The van der Waals surface area contributed by atoms with E-state index in [1.807, 2.05) is 0 Å². The van der Waals surface area contributed by atoms with Gasteiger partial charge in [-0.25, -0.2) is 4.39 Å². The van der Waals surface area contributed by atoms with Crippen LogP contribution in [-0.4, -0.2) is 19.1 Å². The Balaban J connectivity index is 2.97. The van der Waals surface area contributed by atoms with Crippen molar-refractivity contribution in [2.75, 3.05) is 7.11 Å². The second kappa shape index (κ2) is 10.7. The summed E-state index contributed by atoms with van der Waals surface area (Å²) in [6.45, 7) is 11.7. The molecule has 0 aliphatic rings. The van der Waals surface area contributed by atoms with Crippen LogP contribution < -0.4 is 15.4 Å². The summed E-state index contributed by atoms with van der Waals surface area (Å²) in [6, 6.07) is 4.70. The Morgan fingerprint density at radius 1 is 1.38 bits per heavy atom. The Morgan fingerprint density at radius 2 is 2.04 bits per heavy atom. The summed E-state index contributed by atoms with van der Waals surface area (Å²) in [5, 5.41) is 6.11. The molecule has 0 aromatic heterocycles. The molecule has 0 heterocycles. The molecule has 0 aliphatic heterocycles. The number of methoxy groups -OCH3 is 1. The average Bonchev–Trinajstić information content (AvgIpc) is 2.62. The Bertz CT molecular complexity index is 697. The van der Waals surface area contributed by atoms with E-state index in [1.54, 1.807) is 12.1 Å². The topological polar surface area (TPSA) is 50.4 Å². The fourth-order valence-electron chi connectivity index (χ4n) is 2.43. The summed E-state index contributed by atoms with van der Waals surface area (Å²) in [5.41, 5.74) is 1.35. The van der Waals surface area contributed by atoms with Crippen molar-refractivity contribution in [2.45, 2.75) is 39.3 Å². The van der Waals surface area contributed by atoms with Crippen LogP contribution in [0.1, 0.15) is 32.3 Å². The largest absolute Gasteiger partial charge is 0.494 e. The molecule has 0 saturated carbocycles. The summed E-state index contributed by atoms with van der Waals surface area (Å²) in [6.07, 6.45) is 3.33. The predicted molar refractivity (Wildman–Crippen MR) is 105 cm³/mol. The molecule has 1 aromatic rings. The van der Waals surface area contributed by atoms with Gasteiger partial charge in [-0.1, -0.05) is 44.7 Å². The van der Waals surface area contributed by atoms with Gasteiger partial charge in [0.05, 0.1) is 12.7 Å². The monoisotopic (exact) mass is 380 g/mol. The minimum absolute atomic E-state index is 0.108. The van der Waals surface area contributed by atoms with E-state index in [-0.39, 0.29) is 28.9 Å². The molecular formula is C20H26ClFN2O2. The quantitative estimate of drug-likeness (QED) is 0.466. The fraction of sp³-hybridized carbons (Fsp3) is 0.350. The number of rotatable bonds is 10. The minimum atomic E-state index is -0.487. The number of halogens is 2. The van der Waals surface area contributed by atoms with Gasteiger partial charge in [0.25, 0.3) is 5.91 Å². The van der Waals surface area contributed by atoms with E-state index in [2.05, 4.69) is 37.6 Å². The second-order valence-corrected chi connectivity index (χ2v) is 6.16. The van der Waals surface area contributed by atoms with E-state index in [1.165, 1.54) is 19.2 Å². The molecule has 0 atom stereocenters. The number of amides is 1. The lowest BCUT2D eigenvalue weighted by Crippen LogP contribution is -2.32. The average molecular weight is 381 g/mol. The molecule has 142 valence electrons. The standard InChI is InChI=1S/C20H26ClFN2O2/c1-6-15(7-2)24-17(8-3)19(13(4)21)20(25)23-12-14-9-10-18(26-5)16(22)11-14/h8-11,15,24H,3-4,6-7,12H2,1-2,5H3,(H,23,25)/b19-17-. The molecule has 2 N–H and O–H groups in total. The van der Waals surface area contributed by atoms with E-state index < -0.39 is 11.7 Å². The van der Waals surface area contributed by atoms with Crippen molar-refractivity contribution >= 4 is 17.5 Å². The van der Waals surface area contributed by atoms with Gasteiger partial charge in [-0.2, -0.15) is 0 Å². The van der Waals surface area contributed by atoms with Gasteiger partial charge in [-0.3, -0.25) is 4.79 Å². The van der Waals surface area contributed by atoms with Crippen LogP contribution in [0.4, 0.5) is 4.39 Å². The lowest BCUT2D eigenvalue weighted by atomic mass is 10.1. The van der Waals surface area contributed by atoms with E-state index in [0.717, 1.165) is 12.8 Å². The lowest BCUT2D eigenvalue weighted by Gasteiger charge is -2.20. The zero-order valence-electron chi connectivity index (χ0n) is 15.5. The smallest absolute Gasteiger partial charge is 0.255 e. The maximum atomic E-state index is 13.8. The molecule has 0 aliphatic carbocycles. The summed E-state index contributed by atoms with van der Waals surface area (Å²) < 4.78 is 18.6. The molecule has 0 bridgehead atoms. The number of hydrogen-bond acceptors (Lipinski definition) is 3. The number of carbonyl (C=O) groups excluding carboxylic acids is 1. The van der Waals surface area contributed by atoms with Crippen molar-refractivity contribution in [2.24, 2.45) is 0 Å². The Kier molecular flexibility index (Phi) is 8.93. The van der Waals surface area contributed by atoms with E-state index in [0.29, 0.717) is 11.3 Å². The highest BCUT2D eigenvalue weighted by Gasteiger charge is 2.18. The fourth-order valence-corrected chi connectivity index (χ4v) is 2.62. The first-order valence-corrected chi connectivity index (χ1v) is 8.84. The third-order valence-electron chi connectivity index (χ3n) is 3.99. The maximum Gasteiger partial charge on any atom is 0.255 e. The van der Waals surface area contributed by atoms with Gasteiger partial charge in [0.1, 0.15) is 0 Å². The number of allylic oxidation sites excluding steroid dienone is 1. The van der Waals surface area contributed by atoms with Crippen LogP contribution in [0, 0.1) is 5.82 Å². The van der Waals surface area contributed by atoms with Crippen molar-refractivity contribution in [3.8, 4) is 5.75 Å². The molecule has 1 amide bonds. The number of hydrogen-bond donors (Lipinski definition) is 2. The first-order chi connectivity index (χ1) is 12.4. The van der Waals surface area contributed by atoms with E-state index >= 15 is 0 Å². The van der Waals surface area contributed by atoms with Gasteiger partial charge in [0, 0.05) is 23.3 Å². The number of benzene rings is 1. The van der Waals surface area contributed by atoms with Gasteiger partial charge in [-0.05, 0) is 36.6 Å². The van der Waals surface area contributed by atoms with Gasteiger partial charge in [0.15, 0.2) is 11.6 Å². The molecule has 6 heteroatoms.